The van der Waals surface area contributed by atoms with Crippen LogP contribution in [0.3, 0.4) is 0 Å². The Morgan fingerprint density at radius 1 is 1.44 bits per heavy atom. The van der Waals surface area contributed by atoms with Crippen LogP contribution in [0.5, 0.6) is 0 Å². The largest absolute Gasteiger partial charge is 0.396 e. The highest BCUT2D eigenvalue weighted by Gasteiger charge is 2.37. The number of aromatic amines is 1. The lowest BCUT2D eigenvalue weighted by Crippen LogP contribution is -2.35. The zero-order chi connectivity index (χ0) is 13.3. The van der Waals surface area contributed by atoms with Gasteiger partial charge in [0.05, 0.1) is 5.37 Å². The van der Waals surface area contributed by atoms with Crippen LogP contribution in [0.25, 0.3) is 0 Å². The van der Waals surface area contributed by atoms with Crippen LogP contribution in [0.4, 0.5) is 0 Å². The lowest BCUT2D eigenvalue weighted by molar-refractivity contribution is 0.126. The van der Waals surface area contributed by atoms with Gasteiger partial charge < -0.3 is 10.2 Å². The molecular weight excluding hydrogens is 256 g/mol. The molecule has 0 saturated carbocycles. The second-order valence-electron chi connectivity index (χ2n) is 4.49. The number of aromatic nitrogens is 2. The van der Waals surface area contributed by atoms with E-state index in [1.807, 2.05) is 0 Å². The smallest absolute Gasteiger partial charge is 0.329 e. The summed E-state index contributed by atoms with van der Waals surface area (Å²) in [5.74, 6) is 0.490. The Kier molecular flexibility index (Phi) is 3.94. The fraction of sp³-hybridized carbons (Fsp3) is 0.636. The van der Waals surface area contributed by atoms with Crippen LogP contribution >= 0.6 is 11.8 Å². The minimum absolute atomic E-state index is 0.00812. The summed E-state index contributed by atoms with van der Waals surface area (Å²) in [4.78, 5) is 25.4. The molecule has 1 unspecified atom stereocenters. The van der Waals surface area contributed by atoms with Crippen molar-refractivity contribution >= 4 is 11.8 Å². The normalized spacial score (nSPS) is 27.6. The van der Waals surface area contributed by atoms with Crippen LogP contribution in [0.2, 0.25) is 0 Å². The summed E-state index contributed by atoms with van der Waals surface area (Å²) in [6, 6.07) is 0. The Hall–Kier alpha value is -1.05. The first-order valence-corrected chi connectivity index (χ1v) is 6.78. The second-order valence-corrected chi connectivity index (χ2v) is 5.64. The molecule has 6 nitrogen and oxygen atoms in total. The maximum atomic E-state index is 11.8. The Morgan fingerprint density at radius 2 is 2.17 bits per heavy atom. The minimum atomic E-state index is -0.472. The maximum absolute atomic E-state index is 11.8. The second kappa shape index (κ2) is 5.29. The lowest BCUT2D eigenvalue weighted by atomic mass is 9.95. The van der Waals surface area contributed by atoms with Gasteiger partial charge in [0.25, 0.3) is 5.56 Å². The molecule has 1 aromatic heterocycles. The molecule has 100 valence electrons. The highest BCUT2D eigenvalue weighted by atomic mass is 32.2. The van der Waals surface area contributed by atoms with Crippen LogP contribution in [0, 0.1) is 18.8 Å². The number of rotatable bonds is 3. The van der Waals surface area contributed by atoms with Crippen molar-refractivity contribution in [3.8, 4) is 0 Å². The zero-order valence-corrected chi connectivity index (χ0v) is 10.8. The van der Waals surface area contributed by atoms with Gasteiger partial charge in [-0.1, -0.05) is 0 Å². The number of hydrogen-bond acceptors (Lipinski definition) is 5. The standard InChI is InChI=1S/C11H16N2O4S/c1-6-2-13(11(17)12-9(6)16)10-8(4-15)7(3-14)5-18-10/h2,7-8,10,14-15H,3-5H2,1H3,(H,12,16,17)/t7-,8+,10?/m0/s1. The Balaban J connectivity index is 2.40. The van der Waals surface area contributed by atoms with E-state index >= 15 is 0 Å². The molecule has 0 aliphatic carbocycles. The number of H-pyrrole nitrogens is 1. The molecule has 0 bridgehead atoms. The summed E-state index contributed by atoms with van der Waals surface area (Å²) in [5, 5.41) is 18.4. The Bertz CT molecular complexity index is 539. The molecule has 0 spiro atoms. The molecule has 1 aliphatic heterocycles. The lowest BCUT2D eigenvalue weighted by Gasteiger charge is -2.22. The third kappa shape index (κ3) is 2.25. The molecule has 0 radical (unpaired) electrons. The van der Waals surface area contributed by atoms with Crippen LogP contribution < -0.4 is 11.2 Å². The molecule has 7 heteroatoms. The van der Waals surface area contributed by atoms with Crippen molar-refractivity contribution in [2.75, 3.05) is 19.0 Å². The van der Waals surface area contributed by atoms with E-state index in [4.69, 9.17) is 0 Å². The van der Waals surface area contributed by atoms with Gasteiger partial charge in [-0.3, -0.25) is 14.3 Å². The predicted octanol–water partition coefficient (Wildman–Crippen LogP) is -0.693. The Labute approximate surface area is 108 Å². The van der Waals surface area contributed by atoms with Crippen LogP contribution in [-0.2, 0) is 0 Å². The highest BCUT2D eigenvalue weighted by molar-refractivity contribution is 7.99. The maximum Gasteiger partial charge on any atom is 0.329 e. The topological polar surface area (TPSA) is 95.3 Å². The molecule has 2 heterocycles. The monoisotopic (exact) mass is 272 g/mol. The van der Waals surface area contributed by atoms with Crippen molar-refractivity contribution in [2.24, 2.45) is 11.8 Å². The van der Waals surface area contributed by atoms with Crippen molar-refractivity contribution in [1.29, 1.82) is 0 Å². The molecule has 2 rings (SSSR count). The SMILES string of the molecule is Cc1cn(C2SC[C@H](CO)[C@H]2CO)c(=O)[nH]c1=O. The number of aliphatic hydroxyl groups excluding tert-OH is 2. The molecule has 18 heavy (non-hydrogen) atoms. The quantitative estimate of drug-likeness (QED) is 0.677. The van der Waals surface area contributed by atoms with E-state index in [9.17, 15) is 19.8 Å². The predicted molar refractivity (Wildman–Crippen MR) is 68.7 cm³/mol. The fourth-order valence-corrected chi connectivity index (χ4v) is 3.86. The molecule has 1 fully saturated rings. The van der Waals surface area contributed by atoms with E-state index in [1.165, 1.54) is 22.5 Å². The van der Waals surface area contributed by atoms with Gasteiger partial charge in [-0.05, 0) is 12.8 Å². The van der Waals surface area contributed by atoms with Crippen molar-refractivity contribution in [2.45, 2.75) is 12.3 Å². The zero-order valence-electron chi connectivity index (χ0n) is 10.00. The van der Waals surface area contributed by atoms with Gasteiger partial charge in [0.2, 0.25) is 0 Å². The van der Waals surface area contributed by atoms with Gasteiger partial charge in [0.1, 0.15) is 0 Å². The Morgan fingerprint density at radius 3 is 2.78 bits per heavy atom. The van der Waals surface area contributed by atoms with E-state index in [1.54, 1.807) is 6.92 Å². The molecular formula is C11H16N2O4S. The van der Waals surface area contributed by atoms with Crippen LogP contribution in [-0.4, -0.2) is 38.7 Å². The number of aliphatic hydroxyl groups is 2. The summed E-state index contributed by atoms with van der Waals surface area (Å²) < 4.78 is 1.44. The van der Waals surface area contributed by atoms with E-state index in [0.717, 1.165) is 0 Å². The van der Waals surface area contributed by atoms with Gasteiger partial charge in [-0.2, -0.15) is 0 Å². The average Bonchev–Trinajstić information content (AvgIpc) is 2.76. The van der Waals surface area contributed by atoms with Gasteiger partial charge in [0.15, 0.2) is 0 Å². The number of aryl methyl sites for hydroxylation is 1. The molecule has 1 aromatic rings. The van der Waals surface area contributed by atoms with Crippen molar-refractivity contribution in [3.05, 3.63) is 32.6 Å². The number of hydrogen-bond donors (Lipinski definition) is 3. The third-order valence-electron chi connectivity index (χ3n) is 3.32. The highest BCUT2D eigenvalue weighted by Crippen LogP contribution is 2.43. The van der Waals surface area contributed by atoms with E-state index in [0.29, 0.717) is 11.3 Å². The summed E-state index contributed by atoms with van der Waals surface area (Å²) in [7, 11) is 0. The summed E-state index contributed by atoms with van der Waals surface area (Å²) in [5.41, 5.74) is -0.405. The van der Waals surface area contributed by atoms with Gasteiger partial charge >= 0.3 is 5.69 Å². The fourth-order valence-electron chi connectivity index (χ4n) is 2.19. The molecule has 1 saturated heterocycles. The first kappa shape index (κ1) is 13.4. The van der Waals surface area contributed by atoms with Gasteiger partial charge in [0, 0.05) is 36.6 Å². The molecule has 1 aliphatic rings. The van der Waals surface area contributed by atoms with Crippen LogP contribution in [0.1, 0.15) is 10.9 Å². The summed E-state index contributed by atoms with van der Waals surface area (Å²) >= 11 is 1.51. The molecule has 0 aromatic carbocycles. The van der Waals surface area contributed by atoms with E-state index < -0.39 is 11.2 Å². The summed E-state index contributed by atoms with van der Waals surface area (Å²) in [6.07, 6.45) is 1.52. The van der Waals surface area contributed by atoms with Crippen molar-refractivity contribution < 1.29 is 10.2 Å². The summed E-state index contributed by atoms with van der Waals surface area (Å²) in [6.45, 7) is 1.53. The molecule has 0 amide bonds. The minimum Gasteiger partial charge on any atom is -0.396 e. The van der Waals surface area contributed by atoms with Gasteiger partial charge in [-0.15, -0.1) is 11.8 Å². The van der Waals surface area contributed by atoms with E-state index in [-0.39, 0.29) is 30.4 Å². The van der Waals surface area contributed by atoms with Gasteiger partial charge in [-0.25, -0.2) is 4.79 Å². The average molecular weight is 272 g/mol. The third-order valence-corrected chi connectivity index (χ3v) is 4.86. The molecule has 3 N–H and O–H groups in total. The number of nitrogens with zero attached hydrogens (tertiary/aromatic N) is 1. The van der Waals surface area contributed by atoms with E-state index in [2.05, 4.69) is 4.98 Å². The molecule has 3 atom stereocenters. The first-order valence-electron chi connectivity index (χ1n) is 5.74. The van der Waals surface area contributed by atoms with Crippen molar-refractivity contribution in [3.63, 3.8) is 0 Å². The number of nitrogens with one attached hydrogen (secondary N) is 1. The van der Waals surface area contributed by atoms with Crippen molar-refractivity contribution in [1.82, 2.24) is 9.55 Å². The van der Waals surface area contributed by atoms with Crippen LogP contribution in [0.15, 0.2) is 15.8 Å². The first-order chi connectivity index (χ1) is 8.58. The number of thioether (sulfide) groups is 1.